The molecule has 2 unspecified atom stereocenters. The van der Waals surface area contributed by atoms with E-state index in [0.29, 0.717) is 25.7 Å². The van der Waals surface area contributed by atoms with E-state index in [0.717, 1.165) is 109 Å². The van der Waals surface area contributed by atoms with Crippen LogP contribution in [-0.2, 0) is 65.4 Å². The lowest BCUT2D eigenvalue weighted by Gasteiger charge is -2.21. The van der Waals surface area contributed by atoms with Gasteiger partial charge in [0.25, 0.3) is 0 Å². The predicted octanol–water partition coefficient (Wildman–Crippen LogP) is 21.0. The number of aliphatic hydroxyl groups excluding tert-OH is 1. The fraction of sp³-hybridized carbons (Fsp3) is 0.890. The highest BCUT2D eigenvalue weighted by atomic mass is 31.2. The molecule has 0 spiro atoms. The van der Waals surface area contributed by atoms with E-state index < -0.39 is 97.5 Å². The van der Waals surface area contributed by atoms with Gasteiger partial charge in [0.1, 0.15) is 19.3 Å². The Morgan fingerprint density at radius 3 is 0.793 bits per heavy atom. The van der Waals surface area contributed by atoms with Crippen LogP contribution in [0.3, 0.4) is 0 Å². The van der Waals surface area contributed by atoms with Crippen molar-refractivity contribution in [2.45, 2.75) is 380 Å². The molecule has 0 heterocycles. The number of esters is 4. The topological polar surface area (TPSA) is 237 Å². The van der Waals surface area contributed by atoms with Gasteiger partial charge in [-0.05, 0) is 51.4 Å². The van der Waals surface area contributed by atoms with Crippen LogP contribution in [0.15, 0.2) is 24.3 Å². The maximum absolute atomic E-state index is 13.0. The summed E-state index contributed by atoms with van der Waals surface area (Å²) in [5, 5.41) is 10.6. The van der Waals surface area contributed by atoms with Gasteiger partial charge in [0.15, 0.2) is 12.2 Å². The quantitative estimate of drug-likeness (QED) is 0.0169. The van der Waals surface area contributed by atoms with Crippen LogP contribution in [0.25, 0.3) is 0 Å². The van der Waals surface area contributed by atoms with Gasteiger partial charge >= 0.3 is 39.5 Å². The minimum absolute atomic E-state index is 0.102. The van der Waals surface area contributed by atoms with E-state index in [2.05, 4.69) is 52.0 Å². The zero-order chi connectivity index (χ0) is 67.5. The number of aliphatic hydroxyl groups is 1. The summed E-state index contributed by atoms with van der Waals surface area (Å²) in [6, 6.07) is 0. The van der Waals surface area contributed by atoms with Crippen LogP contribution in [0.4, 0.5) is 0 Å². The molecule has 5 atom stereocenters. The smallest absolute Gasteiger partial charge is 0.462 e. The molecular weight excluding hydrogens is 1210 g/mol. The van der Waals surface area contributed by atoms with Crippen molar-refractivity contribution in [3.63, 3.8) is 0 Å². The summed E-state index contributed by atoms with van der Waals surface area (Å²) < 4.78 is 68.3. The van der Waals surface area contributed by atoms with Crippen molar-refractivity contribution in [2.75, 3.05) is 39.6 Å². The number of unbranched alkanes of at least 4 members (excludes halogenated alkanes) is 43. The van der Waals surface area contributed by atoms with Gasteiger partial charge in [0.05, 0.1) is 26.4 Å². The molecular formula is C73H138O17P2. The first kappa shape index (κ1) is 89.5. The minimum Gasteiger partial charge on any atom is -0.462 e. The van der Waals surface area contributed by atoms with E-state index in [1.807, 2.05) is 0 Å². The summed E-state index contributed by atoms with van der Waals surface area (Å²) in [6.07, 6.45) is 58.9. The van der Waals surface area contributed by atoms with Crippen LogP contribution >= 0.6 is 15.6 Å². The molecule has 0 aromatic rings. The number of hydrogen-bond donors (Lipinski definition) is 3. The monoisotopic (exact) mass is 1350 g/mol. The SMILES string of the molecule is CCCCCC/C=C\C=C/CCCCCCCC(=O)OC[C@H](COP(=O)(O)OC[C@@H](O)COP(=O)(O)OC[C@@H](COC(=O)CCCCCCCCCCC)OC(=O)CCCCCCCCCCCCCC)OC(=O)CCCCCCCCCCCCCCCCCC. The van der Waals surface area contributed by atoms with Crippen LogP contribution in [0.1, 0.15) is 362 Å². The number of phosphoric acid groups is 2. The average Bonchev–Trinajstić information content (AvgIpc) is 1.85. The fourth-order valence-corrected chi connectivity index (χ4v) is 12.3. The van der Waals surface area contributed by atoms with Crippen LogP contribution in [0, 0.1) is 0 Å². The van der Waals surface area contributed by atoms with Crippen LogP contribution in [-0.4, -0.2) is 96.7 Å². The first-order valence-corrected chi connectivity index (χ1v) is 40.6. The summed E-state index contributed by atoms with van der Waals surface area (Å²) >= 11 is 0. The van der Waals surface area contributed by atoms with Crippen LogP contribution in [0.2, 0.25) is 0 Å². The van der Waals surface area contributed by atoms with Gasteiger partial charge in [-0.2, -0.15) is 0 Å². The Morgan fingerprint density at radius 2 is 0.522 bits per heavy atom. The lowest BCUT2D eigenvalue weighted by molar-refractivity contribution is -0.161. The van der Waals surface area contributed by atoms with Gasteiger partial charge in [-0.15, -0.1) is 0 Å². The number of carbonyl (C=O) groups excluding carboxylic acids is 4. The Hall–Kier alpha value is -2.46. The highest BCUT2D eigenvalue weighted by molar-refractivity contribution is 7.47. The first-order valence-electron chi connectivity index (χ1n) is 37.6. The Bertz CT molecular complexity index is 1850. The van der Waals surface area contributed by atoms with Crippen molar-refractivity contribution in [3.8, 4) is 0 Å². The van der Waals surface area contributed by atoms with Crippen molar-refractivity contribution >= 4 is 39.5 Å². The molecule has 0 radical (unpaired) electrons. The van der Waals surface area contributed by atoms with Crippen LogP contribution < -0.4 is 0 Å². The standard InChI is InChI=1S/C73H138O17P2/c1-5-9-13-17-21-25-28-31-33-35-37-40-44-48-52-56-60-73(78)90-69(64-84-71(76)58-54-50-46-42-39-36-34-32-29-26-22-18-14-10-6-2)66-88-92(81,82)86-62-67(74)61-85-91(79,80)87-65-68(63-83-70(75)57-53-49-45-41-24-20-16-12-8-4)89-72(77)59-55-51-47-43-38-30-27-23-19-15-11-7-3/h26,29,32,34,67-69,74H,5-25,27-28,30-31,33,35-66H2,1-4H3,(H,79,80)(H,81,82)/b29-26-,34-32-/t67-,68+,69+/m0/s1. The second-order valence-corrected chi connectivity index (χ2v) is 28.6. The summed E-state index contributed by atoms with van der Waals surface area (Å²) in [4.78, 5) is 72.6. The Balaban J connectivity index is 5.27. The molecule has 3 N–H and O–H groups in total. The van der Waals surface area contributed by atoms with Crippen molar-refractivity contribution in [1.29, 1.82) is 0 Å². The summed E-state index contributed by atoms with van der Waals surface area (Å²) in [5.41, 5.74) is 0. The van der Waals surface area contributed by atoms with E-state index >= 15 is 0 Å². The Labute approximate surface area is 561 Å². The molecule has 0 aromatic carbocycles. The molecule has 0 aliphatic heterocycles. The Morgan fingerprint density at radius 1 is 0.304 bits per heavy atom. The van der Waals surface area contributed by atoms with E-state index in [-0.39, 0.29) is 25.7 Å². The van der Waals surface area contributed by atoms with Crippen LogP contribution in [0.5, 0.6) is 0 Å². The zero-order valence-electron chi connectivity index (χ0n) is 59.0. The molecule has 0 bridgehead atoms. The molecule has 0 fully saturated rings. The van der Waals surface area contributed by atoms with E-state index in [1.165, 1.54) is 173 Å². The van der Waals surface area contributed by atoms with Gasteiger partial charge in [0, 0.05) is 25.7 Å². The number of allylic oxidation sites excluding steroid dienone is 4. The number of rotatable bonds is 72. The Kier molecular flexibility index (Phi) is 65.3. The van der Waals surface area contributed by atoms with Gasteiger partial charge < -0.3 is 33.8 Å². The zero-order valence-corrected chi connectivity index (χ0v) is 60.8. The molecule has 0 aliphatic rings. The third kappa shape index (κ3) is 66.2. The number of hydrogen-bond acceptors (Lipinski definition) is 15. The lowest BCUT2D eigenvalue weighted by atomic mass is 10.0. The first-order chi connectivity index (χ1) is 44.7. The molecule has 0 aromatic heterocycles. The van der Waals surface area contributed by atoms with Crippen molar-refractivity contribution < 1.29 is 80.2 Å². The predicted molar refractivity (Wildman–Crippen MR) is 372 cm³/mol. The van der Waals surface area contributed by atoms with E-state index in [1.54, 1.807) is 0 Å². The maximum Gasteiger partial charge on any atom is 0.472 e. The molecule has 0 aliphatic carbocycles. The number of carbonyl (C=O) groups is 4. The fourth-order valence-electron chi connectivity index (χ4n) is 10.7. The highest BCUT2D eigenvalue weighted by Crippen LogP contribution is 2.45. The molecule has 0 saturated carbocycles. The van der Waals surface area contributed by atoms with E-state index in [9.17, 15) is 43.2 Å². The largest absolute Gasteiger partial charge is 0.472 e. The lowest BCUT2D eigenvalue weighted by Crippen LogP contribution is -2.30. The average molecular weight is 1350 g/mol. The maximum atomic E-state index is 13.0. The number of ether oxygens (including phenoxy) is 4. The van der Waals surface area contributed by atoms with Crippen molar-refractivity contribution in [1.82, 2.24) is 0 Å². The molecule has 0 rings (SSSR count). The second-order valence-electron chi connectivity index (χ2n) is 25.6. The molecule has 92 heavy (non-hydrogen) atoms. The molecule has 0 saturated heterocycles. The third-order valence-corrected chi connectivity index (χ3v) is 18.4. The molecule has 0 amide bonds. The molecule has 19 heteroatoms. The third-order valence-electron chi connectivity index (χ3n) is 16.5. The molecule has 17 nitrogen and oxygen atoms in total. The number of phosphoric ester groups is 2. The summed E-state index contributed by atoms with van der Waals surface area (Å²) in [6.45, 7) is 4.89. The van der Waals surface area contributed by atoms with Gasteiger partial charge in [-0.3, -0.25) is 37.3 Å². The second kappa shape index (κ2) is 67.1. The van der Waals surface area contributed by atoms with Gasteiger partial charge in [-0.25, -0.2) is 9.13 Å². The summed E-state index contributed by atoms with van der Waals surface area (Å²) in [7, 11) is -9.91. The van der Waals surface area contributed by atoms with Crippen molar-refractivity contribution in [3.05, 3.63) is 24.3 Å². The van der Waals surface area contributed by atoms with Gasteiger partial charge in [0.2, 0.25) is 0 Å². The molecule has 542 valence electrons. The normalized spacial score (nSPS) is 14.1. The summed E-state index contributed by atoms with van der Waals surface area (Å²) in [5.74, 6) is -2.15. The van der Waals surface area contributed by atoms with Gasteiger partial charge in [-0.1, -0.05) is 309 Å². The van der Waals surface area contributed by atoms with E-state index in [4.69, 9.17) is 37.0 Å². The highest BCUT2D eigenvalue weighted by Gasteiger charge is 2.30. The van der Waals surface area contributed by atoms with Crippen molar-refractivity contribution in [2.24, 2.45) is 0 Å². The minimum atomic E-state index is -4.96.